The lowest BCUT2D eigenvalue weighted by Gasteiger charge is -2.18. The molecule has 1 aliphatic rings. The molecule has 0 radical (unpaired) electrons. The zero-order valence-electron chi connectivity index (χ0n) is 10.0. The summed E-state index contributed by atoms with van der Waals surface area (Å²) >= 11 is 0. The van der Waals surface area contributed by atoms with Crippen molar-refractivity contribution in [3.8, 4) is 0 Å². The van der Waals surface area contributed by atoms with Crippen LogP contribution in [0.1, 0.15) is 71.6 Å². The van der Waals surface area contributed by atoms with Crippen LogP contribution in [0.5, 0.6) is 0 Å². The van der Waals surface area contributed by atoms with Crippen LogP contribution in [0.3, 0.4) is 0 Å². The molecule has 14 heavy (non-hydrogen) atoms. The zero-order chi connectivity index (χ0) is 10.4. The summed E-state index contributed by atoms with van der Waals surface area (Å²) < 4.78 is 0. The molecule has 0 spiro atoms. The smallest absolute Gasteiger partial charge is 0.00929 e. The summed E-state index contributed by atoms with van der Waals surface area (Å²) in [5.41, 5.74) is 6.69. The lowest BCUT2D eigenvalue weighted by molar-refractivity contribution is 0.395. The maximum atomic E-state index is 6.15. The van der Waals surface area contributed by atoms with E-state index in [9.17, 15) is 0 Å². The van der Waals surface area contributed by atoms with Crippen molar-refractivity contribution in [3.05, 3.63) is 0 Å². The van der Waals surface area contributed by atoms with Crippen molar-refractivity contribution in [2.75, 3.05) is 0 Å². The van der Waals surface area contributed by atoms with Crippen LogP contribution in [0.2, 0.25) is 0 Å². The standard InChI is InChI=1S/C13H27N/c1-3-4-5-6-7-8-9-12(14)13(2)10-11-13/h12H,3-11,14H2,1-2H3. The van der Waals surface area contributed by atoms with E-state index >= 15 is 0 Å². The minimum Gasteiger partial charge on any atom is -0.327 e. The van der Waals surface area contributed by atoms with Crippen LogP contribution in [0.15, 0.2) is 0 Å². The van der Waals surface area contributed by atoms with Crippen LogP contribution in [0, 0.1) is 5.41 Å². The lowest BCUT2D eigenvalue weighted by atomic mass is 9.94. The van der Waals surface area contributed by atoms with Crippen molar-refractivity contribution < 1.29 is 0 Å². The summed E-state index contributed by atoms with van der Waals surface area (Å²) in [5.74, 6) is 0. The molecule has 0 aromatic rings. The first kappa shape index (κ1) is 12.0. The molecule has 0 amide bonds. The van der Waals surface area contributed by atoms with Gasteiger partial charge in [0.1, 0.15) is 0 Å². The minimum absolute atomic E-state index is 0.480. The van der Waals surface area contributed by atoms with Crippen molar-refractivity contribution in [1.82, 2.24) is 0 Å². The second-order valence-electron chi connectivity index (χ2n) is 5.32. The molecule has 0 aromatic carbocycles. The van der Waals surface area contributed by atoms with Crippen molar-refractivity contribution in [2.45, 2.75) is 77.7 Å². The zero-order valence-corrected chi connectivity index (χ0v) is 10.0. The highest BCUT2D eigenvalue weighted by Gasteiger charge is 2.42. The van der Waals surface area contributed by atoms with Crippen LogP contribution in [0.4, 0.5) is 0 Å². The minimum atomic E-state index is 0.480. The maximum absolute atomic E-state index is 6.15. The quantitative estimate of drug-likeness (QED) is 0.587. The van der Waals surface area contributed by atoms with Gasteiger partial charge in [-0.1, -0.05) is 52.4 Å². The summed E-state index contributed by atoms with van der Waals surface area (Å²) in [5, 5.41) is 0. The average Bonchev–Trinajstić information content (AvgIpc) is 2.91. The van der Waals surface area contributed by atoms with Crippen molar-refractivity contribution in [1.29, 1.82) is 0 Å². The predicted octanol–water partition coefficient (Wildman–Crippen LogP) is 3.86. The molecule has 1 atom stereocenters. The summed E-state index contributed by atoms with van der Waals surface area (Å²) in [4.78, 5) is 0. The highest BCUT2D eigenvalue weighted by Crippen LogP contribution is 2.48. The lowest BCUT2D eigenvalue weighted by Crippen LogP contribution is -2.29. The third-order valence-electron chi connectivity index (χ3n) is 3.80. The Morgan fingerprint density at radius 1 is 1.07 bits per heavy atom. The maximum Gasteiger partial charge on any atom is 0.00929 e. The number of hydrogen-bond acceptors (Lipinski definition) is 1. The van der Waals surface area contributed by atoms with Crippen LogP contribution < -0.4 is 5.73 Å². The Bertz CT molecular complexity index is 149. The molecule has 1 nitrogen and oxygen atoms in total. The van der Waals surface area contributed by atoms with E-state index < -0.39 is 0 Å². The van der Waals surface area contributed by atoms with Gasteiger partial charge in [0.05, 0.1) is 0 Å². The summed E-state index contributed by atoms with van der Waals surface area (Å²) in [6, 6.07) is 0.480. The Hall–Kier alpha value is -0.0400. The molecule has 1 heteroatoms. The van der Waals surface area contributed by atoms with E-state index in [0.29, 0.717) is 11.5 Å². The third-order valence-corrected chi connectivity index (χ3v) is 3.80. The van der Waals surface area contributed by atoms with E-state index in [2.05, 4.69) is 13.8 Å². The molecule has 1 unspecified atom stereocenters. The van der Waals surface area contributed by atoms with E-state index in [1.807, 2.05) is 0 Å². The van der Waals surface area contributed by atoms with Crippen molar-refractivity contribution >= 4 is 0 Å². The first-order chi connectivity index (χ1) is 6.69. The molecule has 0 aliphatic heterocycles. The van der Waals surface area contributed by atoms with E-state index in [0.717, 1.165) is 0 Å². The molecule has 0 aromatic heterocycles. The molecule has 0 heterocycles. The van der Waals surface area contributed by atoms with Gasteiger partial charge in [0.15, 0.2) is 0 Å². The van der Waals surface area contributed by atoms with Crippen LogP contribution in [-0.2, 0) is 0 Å². The second kappa shape index (κ2) is 5.75. The normalized spacial score (nSPS) is 20.8. The van der Waals surface area contributed by atoms with Crippen molar-refractivity contribution in [2.24, 2.45) is 11.1 Å². The highest BCUT2D eigenvalue weighted by atomic mass is 14.7. The molecular weight excluding hydrogens is 170 g/mol. The Kier molecular flexibility index (Phi) is 4.94. The van der Waals surface area contributed by atoms with Gasteiger partial charge in [-0.15, -0.1) is 0 Å². The molecular formula is C13H27N. The van der Waals surface area contributed by atoms with Gasteiger partial charge in [-0.2, -0.15) is 0 Å². The molecule has 2 N–H and O–H groups in total. The van der Waals surface area contributed by atoms with Gasteiger partial charge >= 0.3 is 0 Å². The SMILES string of the molecule is CCCCCCCCC(N)C1(C)CC1. The van der Waals surface area contributed by atoms with Crippen LogP contribution in [-0.4, -0.2) is 6.04 Å². The molecule has 1 saturated carbocycles. The van der Waals surface area contributed by atoms with Crippen LogP contribution >= 0.6 is 0 Å². The number of unbranched alkanes of at least 4 members (excludes halogenated alkanes) is 5. The third kappa shape index (κ3) is 4.00. The fourth-order valence-corrected chi connectivity index (χ4v) is 2.06. The highest BCUT2D eigenvalue weighted by molar-refractivity contribution is 4.96. The summed E-state index contributed by atoms with van der Waals surface area (Å²) in [6.07, 6.45) is 12.3. The Labute approximate surface area is 89.5 Å². The van der Waals surface area contributed by atoms with Gasteiger partial charge in [0, 0.05) is 6.04 Å². The van der Waals surface area contributed by atoms with Gasteiger partial charge in [-0.25, -0.2) is 0 Å². The largest absolute Gasteiger partial charge is 0.327 e. The molecule has 0 saturated heterocycles. The molecule has 1 fully saturated rings. The topological polar surface area (TPSA) is 26.0 Å². The number of rotatable bonds is 8. The Morgan fingerprint density at radius 2 is 1.64 bits per heavy atom. The van der Waals surface area contributed by atoms with E-state index in [-0.39, 0.29) is 0 Å². The molecule has 0 bridgehead atoms. The van der Waals surface area contributed by atoms with Crippen LogP contribution in [0.25, 0.3) is 0 Å². The van der Waals surface area contributed by atoms with E-state index in [4.69, 9.17) is 5.73 Å². The fourth-order valence-electron chi connectivity index (χ4n) is 2.06. The predicted molar refractivity (Wildman–Crippen MR) is 63.3 cm³/mol. The number of nitrogens with two attached hydrogens (primary N) is 1. The van der Waals surface area contributed by atoms with E-state index in [1.165, 1.54) is 57.8 Å². The monoisotopic (exact) mass is 197 g/mol. The average molecular weight is 197 g/mol. The summed E-state index contributed by atoms with van der Waals surface area (Å²) in [6.45, 7) is 4.61. The van der Waals surface area contributed by atoms with Crippen molar-refractivity contribution in [3.63, 3.8) is 0 Å². The molecule has 1 aliphatic carbocycles. The van der Waals surface area contributed by atoms with E-state index in [1.54, 1.807) is 0 Å². The van der Waals surface area contributed by atoms with Gasteiger partial charge < -0.3 is 5.73 Å². The van der Waals surface area contributed by atoms with Gasteiger partial charge in [-0.05, 0) is 24.7 Å². The van der Waals surface area contributed by atoms with Gasteiger partial charge in [0.2, 0.25) is 0 Å². The number of hydrogen-bond donors (Lipinski definition) is 1. The molecule has 84 valence electrons. The summed E-state index contributed by atoms with van der Waals surface area (Å²) in [7, 11) is 0. The first-order valence-electron chi connectivity index (χ1n) is 6.44. The fraction of sp³-hybridized carbons (Fsp3) is 1.00. The Morgan fingerprint density at radius 3 is 2.21 bits per heavy atom. The van der Waals surface area contributed by atoms with Gasteiger partial charge in [-0.3, -0.25) is 0 Å². The second-order valence-corrected chi connectivity index (χ2v) is 5.32. The van der Waals surface area contributed by atoms with Gasteiger partial charge in [0.25, 0.3) is 0 Å². The first-order valence-corrected chi connectivity index (χ1v) is 6.44. The Balaban J connectivity index is 1.88. The molecule has 1 rings (SSSR count).